The fourth-order valence-electron chi connectivity index (χ4n) is 2.68. The highest BCUT2D eigenvalue weighted by Crippen LogP contribution is 2.44. The Balaban J connectivity index is 1.62. The molecule has 2 heterocycles. The average molecular weight is 325 g/mol. The van der Waals surface area contributed by atoms with Gasteiger partial charge < -0.3 is 14.1 Å². The van der Waals surface area contributed by atoms with Crippen LogP contribution in [0.15, 0.2) is 22.6 Å². The molecule has 1 aromatic carbocycles. The lowest BCUT2D eigenvalue weighted by Crippen LogP contribution is -2.33. The zero-order valence-electron chi connectivity index (χ0n) is 12.1. The fraction of sp³-hybridized carbons (Fsp3) is 0.467. The first-order valence-corrected chi connectivity index (χ1v) is 7.42. The summed E-state index contributed by atoms with van der Waals surface area (Å²) in [5, 5.41) is 8.00. The van der Waals surface area contributed by atoms with Gasteiger partial charge in [-0.2, -0.15) is 13.2 Å². The van der Waals surface area contributed by atoms with Gasteiger partial charge in [0.25, 0.3) is 0 Å². The number of anilines is 1. The lowest BCUT2D eigenvalue weighted by molar-refractivity contribution is -0.139. The molecule has 0 bridgehead atoms. The highest BCUT2D eigenvalue weighted by molar-refractivity contribution is 5.63. The number of para-hydroxylation sites is 1. The maximum Gasteiger partial charge on any atom is 0.420 e. The van der Waals surface area contributed by atoms with Crippen LogP contribution in [0.25, 0.3) is 0 Å². The van der Waals surface area contributed by atoms with E-state index in [4.69, 9.17) is 9.15 Å². The summed E-state index contributed by atoms with van der Waals surface area (Å²) >= 11 is 0. The van der Waals surface area contributed by atoms with Crippen LogP contribution in [0.1, 0.15) is 36.1 Å². The molecule has 1 fully saturated rings. The van der Waals surface area contributed by atoms with Gasteiger partial charge in [-0.15, -0.1) is 10.2 Å². The smallest absolute Gasteiger partial charge is 0.420 e. The molecule has 0 radical (unpaired) electrons. The second-order valence-electron chi connectivity index (χ2n) is 5.73. The molecule has 4 rings (SSSR count). The molecule has 0 atom stereocenters. The van der Waals surface area contributed by atoms with Crippen LogP contribution in [-0.2, 0) is 12.7 Å². The van der Waals surface area contributed by atoms with Gasteiger partial charge >= 0.3 is 6.18 Å². The molecule has 2 aromatic rings. The largest absolute Gasteiger partial charge is 0.489 e. The molecule has 1 aliphatic heterocycles. The Kier molecular flexibility index (Phi) is 3.21. The van der Waals surface area contributed by atoms with E-state index >= 15 is 0 Å². The van der Waals surface area contributed by atoms with Gasteiger partial charge in [0, 0.05) is 5.92 Å². The van der Waals surface area contributed by atoms with Crippen molar-refractivity contribution >= 4 is 5.69 Å². The van der Waals surface area contributed by atoms with Crippen LogP contribution in [0, 0.1) is 0 Å². The van der Waals surface area contributed by atoms with Crippen molar-refractivity contribution in [1.82, 2.24) is 10.2 Å². The van der Waals surface area contributed by atoms with Gasteiger partial charge in [-0.05, 0) is 25.0 Å². The Morgan fingerprint density at radius 2 is 2.04 bits per heavy atom. The Labute approximate surface area is 130 Å². The van der Waals surface area contributed by atoms with E-state index in [2.05, 4.69) is 10.2 Å². The van der Waals surface area contributed by atoms with Crippen LogP contribution in [0.3, 0.4) is 0 Å². The molecule has 0 N–H and O–H groups in total. The van der Waals surface area contributed by atoms with E-state index in [9.17, 15) is 13.2 Å². The Bertz CT molecular complexity index is 725. The summed E-state index contributed by atoms with van der Waals surface area (Å²) in [5.74, 6) is 1.26. The van der Waals surface area contributed by atoms with Gasteiger partial charge in [0.2, 0.25) is 11.8 Å². The number of ether oxygens (including phenoxy) is 1. The molecule has 8 heteroatoms. The molecule has 0 amide bonds. The SMILES string of the molecule is FC(F)(F)c1cccc2c1OCCN2Cc1nnc(C2CC2)o1. The number of hydrogen-bond acceptors (Lipinski definition) is 5. The third-order valence-electron chi connectivity index (χ3n) is 3.98. The second kappa shape index (κ2) is 5.14. The van der Waals surface area contributed by atoms with E-state index in [0.29, 0.717) is 29.9 Å². The first-order valence-electron chi connectivity index (χ1n) is 7.42. The molecular formula is C15H14F3N3O2. The van der Waals surface area contributed by atoms with Gasteiger partial charge in [-0.1, -0.05) is 6.07 Å². The van der Waals surface area contributed by atoms with Crippen molar-refractivity contribution in [1.29, 1.82) is 0 Å². The van der Waals surface area contributed by atoms with Crippen LogP contribution in [0.2, 0.25) is 0 Å². The molecule has 0 spiro atoms. The molecule has 0 saturated heterocycles. The van der Waals surface area contributed by atoms with Crippen LogP contribution in [0.4, 0.5) is 18.9 Å². The van der Waals surface area contributed by atoms with Crippen LogP contribution >= 0.6 is 0 Å². The van der Waals surface area contributed by atoms with Crippen molar-refractivity contribution < 1.29 is 22.3 Å². The highest BCUT2D eigenvalue weighted by Gasteiger charge is 2.37. The summed E-state index contributed by atoms with van der Waals surface area (Å²) in [6, 6.07) is 4.02. The topological polar surface area (TPSA) is 51.4 Å². The number of halogens is 3. The standard InChI is InChI=1S/C15H14F3N3O2/c16-15(17,18)10-2-1-3-11-13(10)22-7-6-21(11)8-12-19-20-14(23-12)9-4-5-9/h1-3,9H,4-8H2. The number of benzene rings is 1. The normalized spacial score (nSPS) is 17.8. The van der Waals surface area contributed by atoms with E-state index < -0.39 is 11.7 Å². The highest BCUT2D eigenvalue weighted by atomic mass is 19.4. The predicted molar refractivity (Wildman–Crippen MR) is 74.3 cm³/mol. The summed E-state index contributed by atoms with van der Waals surface area (Å²) in [6.07, 6.45) is -2.34. The Morgan fingerprint density at radius 3 is 2.78 bits per heavy atom. The fourth-order valence-corrected chi connectivity index (χ4v) is 2.68. The van der Waals surface area contributed by atoms with Crippen molar-refractivity contribution in [2.45, 2.75) is 31.5 Å². The monoisotopic (exact) mass is 325 g/mol. The van der Waals surface area contributed by atoms with E-state index in [1.165, 1.54) is 6.07 Å². The minimum Gasteiger partial charge on any atom is -0.489 e. The molecule has 2 aliphatic rings. The van der Waals surface area contributed by atoms with Gasteiger partial charge in [0.05, 0.1) is 24.3 Å². The summed E-state index contributed by atoms with van der Waals surface area (Å²) in [6.45, 7) is 0.927. The van der Waals surface area contributed by atoms with Gasteiger partial charge in [0.15, 0.2) is 5.75 Å². The maximum absolute atomic E-state index is 13.1. The van der Waals surface area contributed by atoms with E-state index in [0.717, 1.165) is 18.9 Å². The van der Waals surface area contributed by atoms with Crippen molar-refractivity contribution in [3.8, 4) is 5.75 Å². The van der Waals surface area contributed by atoms with Gasteiger partial charge in [0.1, 0.15) is 6.61 Å². The Morgan fingerprint density at radius 1 is 1.22 bits per heavy atom. The van der Waals surface area contributed by atoms with Crippen LogP contribution in [0.5, 0.6) is 5.75 Å². The third kappa shape index (κ3) is 2.73. The quantitative estimate of drug-likeness (QED) is 0.866. The van der Waals surface area contributed by atoms with Crippen LogP contribution < -0.4 is 9.64 Å². The lowest BCUT2D eigenvalue weighted by atomic mass is 10.1. The third-order valence-corrected chi connectivity index (χ3v) is 3.98. The van der Waals surface area contributed by atoms with Crippen molar-refractivity contribution in [3.63, 3.8) is 0 Å². The number of rotatable bonds is 3. The molecule has 5 nitrogen and oxygen atoms in total. The zero-order valence-corrected chi connectivity index (χ0v) is 12.1. The maximum atomic E-state index is 13.1. The summed E-state index contributed by atoms with van der Waals surface area (Å²) in [5.41, 5.74) is -0.360. The molecular weight excluding hydrogens is 311 g/mol. The molecule has 1 aromatic heterocycles. The first kappa shape index (κ1) is 14.3. The molecule has 23 heavy (non-hydrogen) atoms. The van der Waals surface area contributed by atoms with Crippen LogP contribution in [-0.4, -0.2) is 23.3 Å². The second-order valence-corrected chi connectivity index (χ2v) is 5.73. The zero-order chi connectivity index (χ0) is 16.0. The van der Waals surface area contributed by atoms with Gasteiger partial charge in [-0.25, -0.2) is 0 Å². The first-order chi connectivity index (χ1) is 11.0. The summed E-state index contributed by atoms with van der Waals surface area (Å²) in [7, 11) is 0. The predicted octanol–water partition coefficient (Wildman–Crippen LogP) is 3.36. The average Bonchev–Trinajstić information content (AvgIpc) is 3.26. The van der Waals surface area contributed by atoms with Crippen molar-refractivity contribution in [3.05, 3.63) is 35.5 Å². The molecule has 0 unspecified atom stereocenters. The Hall–Kier alpha value is -2.25. The molecule has 122 valence electrons. The number of hydrogen-bond donors (Lipinski definition) is 0. The molecule has 1 saturated carbocycles. The minimum atomic E-state index is -4.45. The number of nitrogens with zero attached hydrogens (tertiary/aromatic N) is 3. The minimum absolute atomic E-state index is 0.131. The van der Waals surface area contributed by atoms with E-state index in [1.54, 1.807) is 11.0 Å². The number of alkyl halides is 3. The van der Waals surface area contributed by atoms with E-state index in [1.807, 2.05) is 0 Å². The molecule has 1 aliphatic carbocycles. The summed E-state index contributed by atoms with van der Waals surface area (Å²) < 4.78 is 50.1. The number of aromatic nitrogens is 2. The van der Waals surface area contributed by atoms with Crippen molar-refractivity contribution in [2.24, 2.45) is 0 Å². The lowest BCUT2D eigenvalue weighted by Gasteiger charge is -2.31. The van der Waals surface area contributed by atoms with Crippen molar-refractivity contribution in [2.75, 3.05) is 18.1 Å². The van der Waals surface area contributed by atoms with Gasteiger partial charge in [-0.3, -0.25) is 0 Å². The summed E-state index contributed by atoms with van der Waals surface area (Å²) in [4.78, 5) is 1.78. The number of fused-ring (bicyclic) bond motifs is 1. The van der Waals surface area contributed by atoms with E-state index in [-0.39, 0.29) is 18.9 Å².